The molecule has 0 unspecified atom stereocenters. The molecule has 25 heavy (non-hydrogen) atoms. The van der Waals surface area contributed by atoms with Gasteiger partial charge in [-0.3, -0.25) is 0 Å². The molecule has 0 fully saturated rings. The molecule has 128 valence electrons. The zero-order valence-corrected chi connectivity index (χ0v) is 13.5. The number of aromatic nitrogens is 1. The molecule has 0 aliphatic carbocycles. The van der Waals surface area contributed by atoms with Gasteiger partial charge in [0.25, 0.3) is 0 Å². The second kappa shape index (κ2) is 5.88. The van der Waals surface area contributed by atoms with E-state index in [4.69, 9.17) is 0 Å². The van der Waals surface area contributed by atoms with Crippen LogP contribution in [0.5, 0.6) is 0 Å². The summed E-state index contributed by atoms with van der Waals surface area (Å²) in [6, 6.07) is 9.91. The number of hydrogen-bond acceptors (Lipinski definition) is 2. The van der Waals surface area contributed by atoms with Crippen molar-refractivity contribution >= 4 is 16.9 Å². The summed E-state index contributed by atoms with van der Waals surface area (Å²) in [7, 11) is 0. The fourth-order valence-corrected chi connectivity index (χ4v) is 2.82. The van der Waals surface area contributed by atoms with Crippen molar-refractivity contribution < 1.29 is 23.1 Å². The first-order valence-corrected chi connectivity index (χ1v) is 7.50. The molecule has 0 spiro atoms. The van der Waals surface area contributed by atoms with Gasteiger partial charge in [0.15, 0.2) is 0 Å². The minimum absolute atomic E-state index is 0.0316. The summed E-state index contributed by atoms with van der Waals surface area (Å²) in [6.07, 6.45) is -4.55. The number of hydrogen-bond donors (Lipinski definition) is 1. The highest BCUT2D eigenvalue weighted by atomic mass is 19.4. The monoisotopic (exact) mass is 345 g/mol. The molecule has 0 amide bonds. The van der Waals surface area contributed by atoms with E-state index in [2.05, 4.69) is 4.98 Å². The van der Waals surface area contributed by atoms with Crippen molar-refractivity contribution in [2.75, 3.05) is 0 Å². The van der Waals surface area contributed by atoms with Gasteiger partial charge in [-0.2, -0.15) is 13.2 Å². The molecule has 1 aromatic heterocycles. The number of rotatable bonds is 2. The first-order chi connectivity index (χ1) is 11.7. The number of aromatic carboxylic acids is 1. The molecule has 3 rings (SSSR count). The van der Waals surface area contributed by atoms with Crippen LogP contribution in [0.2, 0.25) is 0 Å². The maximum atomic E-state index is 12.9. The summed E-state index contributed by atoms with van der Waals surface area (Å²) in [5.41, 5.74) is 2.24. The van der Waals surface area contributed by atoms with Gasteiger partial charge < -0.3 is 5.11 Å². The number of carboxylic acids is 1. The molecule has 2 aromatic carbocycles. The fraction of sp³-hybridized carbons (Fsp3) is 0.158. The molecular weight excluding hydrogens is 331 g/mol. The Morgan fingerprint density at radius 3 is 2.36 bits per heavy atom. The Kier molecular flexibility index (Phi) is 3.99. The number of alkyl halides is 3. The van der Waals surface area contributed by atoms with E-state index in [0.717, 1.165) is 28.8 Å². The van der Waals surface area contributed by atoms with E-state index in [1.165, 1.54) is 12.1 Å². The first-order valence-electron chi connectivity index (χ1n) is 7.50. The van der Waals surface area contributed by atoms with Crippen molar-refractivity contribution in [3.63, 3.8) is 0 Å². The molecule has 0 aliphatic heterocycles. The largest absolute Gasteiger partial charge is 0.478 e. The molecule has 0 saturated heterocycles. The van der Waals surface area contributed by atoms with Crippen LogP contribution in [0, 0.1) is 13.8 Å². The van der Waals surface area contributed by atoms with Crippen LogP contribution in [-0.4, -0.2) is 16.1 Å². The van der Waals surface area contributed by atoms with Crippen molar-refractivity contribution in [3.8, 4) is 11.3 Å². The van der Waals surface area contributed by atoms with E-state index in [0.29, 0.717) is 5.69 Å². The summed E-state index contributed by atoms with van der Waals surface area (Å²) < 4.78 is 38.7. The van der Waals surface area contributed by atoms with E-state index in [1.54, 1.807) is 0 Å². The van der Waals surface area contributed by atoms with Gasteiger partial charge in [-0.25, -0.2) is 9.78 Å². The van der Waals surface area contributed by atoms with Crippen LogP contribution in [-0.2, 0) is 6.18 Å². The van der Waals surface area contributed by atoms with Crippen LogP contribution in [0.15, 0.2) is 42.5 Å². The standard InChI is InChI=1S/C19H14F3NO2/c1-10-3-5-13(11(2)7-10)17-9-15(18(24)25)14-8-12(19(20,21)22)4-6-16(14)23-17/h3-9H,1-2H3,(H,24,25). The third kappa shape index (κ3) is 3.20. The second-order valence-electron chi connectivity index (χ2n) is 5.91. The zero-order chi connectivity index (χ0) is 18.4. The van der Waals surface area contributed by atoms with Crippen LogP contribution >= 0.6 is 0 Å². The highest BCUT2D eigenvalue weighted by Crippen LogP contribution is 2.33. The van der Waals surface area contributed by atoms with Gasteiger partial charge in [0.05, 0.1) is 22.3 Å². The van der Waals surface area contributed by atoms with Crippen LogP contribution in [0.25, 0.3) is 22.2 Å². The van der Waals surface area contributed by atoms with E-state index >= 15 is 0 Å². The van der Waals surface area contributed by atoms with Crippen LogP contribution in [0.4, 0.5) is 13.2 Å². The lowest BCUT2D eigenvalue weighted by molar-refractivity contribution is -0.137. The third-order valence-electron chi connectivity index (χ3n) is 4.02. The van der Waals surface area contributed by atoms with Gasteiger partial charge in [-0.15, -0.1) is 0 Å². The quantitative estimate of drug-likeness (QED) is 0.691. The number of carboxylic acid groups (broad SMARTS) is 1. The average molecular weight is 345 g/mol. The van der Waals surface area contributed by atoms with E-state index in [1.807, 2.05) is 32.0 Å². The Morgan fingerprint density at radius 2 is 1.76 bits per heavy atom. The Labute approximate surface area is 141 Å². The SMILES string of the molecule is Cc1ccc(-c2cc(C(=O)O)c3cc(C(F)(F)F)ccc3n2)c(C)c1. The molecule has 3 aromatic rings. The highest BCUT2D eigenvalue weighted by molar-refractivity contribution is 6.04. The van der Waals surface area contributed by atoms with Crippen molar-refractivity contribution in [2.45, 2.75) is 20.0 Å². The van der Waals surface area contributed by atoms with Gasteiger partial charge in [0, 0.05) is 10.9 Å². The maximum absolute atomic E-state index is 12.9. The molecule has 0 atom stereocenters. The Hall–Kier alpha value is -2.89. The molecule has 0 aliphatic rings. The lowest BCUT2D eigenvalue weighted by Crippen LogP contribution is -2.06. The van der Waals surface area contributed by atoms with Gasteiger partial charge in [-0.05, 0) is 43.7 Å². The summed E-state index contributed by atoms with van der Waals surface area (Å²) >= 11 is 0. The molecule has 6 heteroatoms. The molecule has 1 N–H and O–H groups in total. The Balaban J connectivity index is 2.29. The number of halogens is 3. The van der Waals surface area contributed by atoms with E-state index in [-0.39, 0.29) is 16.5 Å². The lowest BCUT2D eigenvalue weighted by atomic mass is 9.99. The molecular formula is C19H14F3NO2. The Bertz CT molecular complexity index is 994. The number of pyridine rings is 1. The van der Waals surface area contributed by atoms with Crippen molar-refractivity contribution in [2.24, 2.45) is 0 Å². The molecule has 0 bridgehead atoms. The normalized spacial score (nSPS) is 11.7. The van der Waals surface area contributed by atoms with Crippen LogP contribution < -0.4 is 0 Å². The van der Waals surface area contributed by atoms with Crippen molar-refractivity contribution in [1.82, 2.24) is 4.98 Å². The highest BCUT2D eigenvalue weighted by Gasteiger charge is 2.31. The maximum Gasteiger partial charge on any atom is 0.416 e. The predicted molar refractivity (Wildman–Crippen MR) is 88.6 cm³/mol. The van der Waals surface area contributed by atoms with Gasteiger partial charge >= 0.3 is 12.1 Å². The van der Waals surface area contributed by atoms with Crippen molar-refractivity contribution in [3.05, 3.63) is 64.7 Å². The predicted octanol–water partition coefficient (Wildman–Crippen LogP) is 5.24. The molecule has 0 saturated carbocycles. The summed E-state index contributed by atoms with van der Waals surface area (Å²) in [5, 5.41) is 9.42. The number of aryl methyl sites for hydroxylation is 2. The van der Waals surface area contributed by atoms with E-state index in [9.17, 15) is 23.1 Å². The van der Waals surface area contributed by atoms with Crippen LogP contribution in [0.3, 0.4) is 0 Å². The summed E-state index contributed by atoms with van der Waals surface area (Å²) in [6.45, 7) is 3.81. The lowest BCUT2D eigenvalue weighted by Gasteiger charge is -2.12. The third-order valence-corrected chi connectivity index (χ3v) is 4.02. The molecule has 0 radical (unpaired) electrons. The minimum Gasteiger partial charge on any atom is -0.478 e. The van der Waals surface area contributed by atoms with Gasteiger partial charge in [-0.1, -0.05) is 23.8 Å². The minimum atomic E-state index is -4.55. The Morgan fingerprint density at radius 1 is 1.04 bits per heavy atom. The second-order valence-corrected chi connectivity index (χ2v) is 5.91. The van der Waals surface area contributed by atoms with Crippen molar-refractivity contribution in [1.29, 1.82) is 0 Å². The van der Waals surface area contributed by atoms with Gasteiger partial charge in [0.1, 0.15) is 0 Å². The fourth-order valence-electron chi connectivity index (χ4n) is 2.82. The number of carbonyl (C=O) groups is 1. The summed E-state index contributed by atoms with van der Waals surface area (Å²) in [4.78, 5) is 16.0. The number of nitrogens with zero attached hydrogens (tertiary/aromatic N) is 1. The number of benzene rings is 2. The molecule has 1 heterocycles. The molecule has 3 nitrogen and oxygen atoms in total. The summed E-state index contributed by atoms with van der Waals surface area (Å²) in [5.74, 6) is -1.29. The zero-order valence-electron chi connectivity index (χ0n) is 13.5. The topological polar surface area (TPSA) is 50.2 Å². The average Bonchev–Trinajstić information content (AvgIpc) is 2.52. The van der Waals surface area contributed by atoms with Crippen LogP contribution in [0.1, 0.15) is 27.0 Å². The first kappa shape index (κ1) is 17.0. The van der Waals surface area contributed by atoms with E-state index < -0.39 is 17.7 Å². The smallest absolute Gasteiger partial charge is 0.416 e. The van der Waals surface area contributed by atoms with Gasteiger partial charge in [0.2, 0.25) is 0 Å². The number of fused-ring (bicyclic) bond motifs is 1.